The zero-order valence-electron chi connectivity index (χ0n) is 11.2. The van der Waals surface area contributed by atoms with Crippen LogP contribution in [-0.2, 0) is 0 Å². The van der Waals surface area contributed by atoms with E-state index >= 15 is 0 Å². The average molecular weight is 258 g/mol. The van der Waals surface area contributed by atoms with Gasteiger partial charge in [0.05, 0.1) is 5.56 Å². The molecular formula is C15H18N2O2. The lowest BCUT2D eigenvalue weighted by atomic mass is 10.1. The quantitative estimate of drug-likeness (QED) is 0.853. The summed E-state index contributed by atoms with van der Waals surface area (Å²) in [5.74, 6) is 0.0603. The van der Waals surface area contributed by atoms with Gasteiger partial charge in [-0.3, -0.25) is 4.79 Å². The maximum absolute atomic E-state index is 12.6. The van der Waals surface area contributed by atoms with Gasteiger partial charge in [0, 0.05) is 30.6 Å². The molecule has 2 heterocycles. The standard InChI is InChI=1S/C15H18N2O2/c1-10-7-17(8-11(2)16-10)15(18)13-9-19-14-6-4-3-5-12(13)14/h3-6,9-11,16H,7-8H2,1-2H3. The second-order valence-corrected chi connectivity index (χ2v) is 5.32. The first-order chi connectivity index (χ1) is 9.15. The number of fused-ring (bicyclic) bond motifs is 1. The van der Waals surface area contributed by atoms with Crippen molar-refractivity contribution in [2.45, 2.75) is 25.9 Å². The number of rotatable bonds is 1. The fourth-order valence-electron chi connectivity index (χ4n) is 2.81. The highest BCUT2D eigenvalue weighted by Gasteiger charge is 2.27. The molecule has 1 N–H and O–H groups in total. The SMILES string of the molecule is CC1CN(C(=O)c2coc3ccccc23)CC(C)N1. The van der Waals surface area contributed by atoms with Crippen LogP contribution in [0.3, 0.4) is 0 Å². The molecule has 100 valence electrons. The predicted octanol–water partition coefficient (Wildman–Crippen LogP) is 2.26. The summed E-state index contributed by atoms with van der Waals surface area (Å²) in [6, 6.07) is 8.31. The van der Waals surface area contributed by atoms with E-state index < -0.39 is 0 Å². The van der Waals surface area contributed by atoms with Crippen molar-refractivity contribution in [3.8, 4) is 0 Å². The largest absolute Gasteiger partial charge is 0.463 e. The van der Waals surface area contributed by atoms with Gasteiger partial charge < -0.3 is 14.6 Å². The zero-order chi connectivity index (χ0) is 13.4. The highest BCUT2D eigenvalue weighted by atomic mass is 16.3. The van der Waals surface area contributed by atoms with Crippen molar-refractivity contribution in [3.05, 3.63) is 36.1 Å². The molecule has 3 rings (SSSR count). The normalized spacial score (nSPS) is 23.8. The Labute approximate surface area is 112 Å². The molecule has 4 nitrogen and oxygen atoms in total. The molecule has 1 aliphatic heterocycles. The van der Waals surface area contributed by atoms with E-state index in [2.05, 4.69) is 19.2 Å². The Morgan fingerprint density at radius 2 is 1.95 bits per heavy atom. The Balaban J connectivity index is 1.91. The van der Waals surface area contributed by atoms with Crippen LogP contribution in [0.1, 0.15) is 24.2 Å². The summed E-state index contributed by atoms with van der Waals surface area (Å²) < 4.78 is 5.45. The Morgan fingerprint density at radius 3 is 2.68 bits per heavy atom. The second-order valence-electron chi connectivity index (χ2n) is 5.32. The third-order valence-corrected chi connectivity index (χ3v) is 3.56. The molecule has 1 fully saturated rings. The van der Waals surface area contributed by atoms with E-state index in [0.717, 1.165) is 24.1 Å². The van der Waals surface area contributed by atoms with Gasteiger partial charge in [0.2, 0.25) is 0 Å². The van der Waals surface area contributed by atoms with Gasteiger partial charge in [-0.2, -0.15) is 0 Å². The highest BCUT2D eigenvalue weighted by molar-refractivity contribution is 6.05. The van der Waals surface area contributed by atoms with Crippen LogP contribution in [0, 0.1) is 0 Å². The Kier molecular flexibility index (Phi) is 3.03. The highest BCUT2D eigenvalue weighted by Crippen LogP contribution is 2.22. The Morgan fingerprint density at radius 1 is 1.26 bits per heavy atom. The number of piperazine rings is 1. The van der Waals surface area contributed by atoms with E-state index in [9.17, 15) is 4.79 Å². The molecule has 19 heavy (non-hydrogen) atoms. The number of carbonyl (C=O) groups excluding carboxylic acids is 1. The van der Waals surface area contributed by atoms with Crippen LogP contribution in [-0.4, -0.2) is 36.0 Å². The van der Waals surface area contributed by atoms with Crippen molar-refractivity contribution in [1.82, 2.24) is 10.2 Å². The fraction of sp³-hybridized carbons (Fsp3) is 0.400. The summed E-state index contributed by atoms with van der Waals surface area (Å²) >= 11 is 0. The fourth-order valence-corrected chi connectivity index (χ4v) is 2.81. The molecule has 1 amide bonds. The Bertz CT molecular complexity index is 595. The summed E-state index contributed by atoms with van der Waals surface area (Å²) in [6.07, 6.45) is 1.57. The minimum Gasteiger partial charge on any atom is -0.463 e. The number of nitrogens with one attached hydrogen (secondary N) is 1. The lowest BCUT2D eigenvalue weighted by Crippen LogP contribution is -2.55. The molecule has 1 aromatic heterocycles. The first-order valence-electron chi connectivity index (χ1n) is 6.66. The minimum absolute atomic E-state index is 0.0603. The summed E-state index contributed by atoms with van der Waals surface area (Å²) in [5, 5.41) is 4.32. The first kappa shape index (κ1) is 12.2. The van der Waals surface area contributed by atoms with Crippen LogP contribution in [0.5, 0.6) is 0 Å². The molecule has 2 unspecified atom stereocenters. The van der Waals surface area contributed by atoms with Gasteiger partial charge in [0.25, 0.3) is 5.91 Å². The monoisotopic (exact) mass is 258 g/mol. The second kappa shape index (κ2) is 4.70. The van der Waals surface area contributed by atoms with Crippen LogP contribution in [0.15, 0.2) is 34.9 Å². The molecule has 1 saturated heterocycles. The lowest BCUT2D eigenvalue weighted by molar-refractivity contribution is 0.0675. The van der Waals surface area contributed by atoms with Gasteiger partial charge in [-0.15, -0.1) is 0 Å². The number of amides is 1. The smallest absolute Gasteiger partial charge is 0.257 e. The number of nitrogens with zero attached hydrogens (tertiary/aromatic N) is 1. The third-order valence-electron chi connectivity index (χ3n) is 3.56. The molecule has 0 bridgehead atoms. The maximum atomic E-state index is 12.6. The molecule has 0 saturated carbocycles. The minimum atomic E-state index is 0.0603. The third kappa shape index (κ3) is 2.24. The van der Waals surface area contributed by atoms with Crippen LogP contribution < -0.4 is 5.32 Å². The maximum Gasteiger partial charge on any atom is 0.257 e. The molecule has 2 atom stereocenters. The molecule has 4 heteroatoms. The zero-order valence-corrected chi connectivity index (χ0v) is 11.2. The van der Waals surface area contributed by atoms with Crippen molar-refractivity contribution in [2.75, 3.05) is 13.1 Å². The van der Waals surface area contributed by atoms with Crippen LogP contribution in [0.25, 0.3) is 11.0 Å². The average Bonchev–Trinajstić information content (AvgIpc) is 2.80. The van der Waals surface area contributed by atoms with Gasteiger partial charge in [0.1, 0.15) is 11.8 Å². The van der Waals surface area contributed by atoms with Crippen LogP contribution in [0.4, 0.5) is 0 Å². The van der Waals surface area contributed by atoms with Gasteiger partial charge in [-0.05, 0) is 19.9 Å². The van der Waals surface area contributed by atoms with Gasteiger partial charge in [-0.1, -0.05) is 18.2 Å². The van der Waals surface area contributed by atoms with E-state index in [0.29, 0.717) is 17.6 Å². The Hall–Kier alpha value is -1.81. The summed E-state index contributed by atoms with van der Waals surface area (Å²) in [6.45, 7) is 5.68. The summed E-state index contributed by atoms with van der Waals surface area (Å²) in [4.78, 5) is 14.5. The first-order valence-corrected chi connectivity index (χ1v) is 6.66. The number of hydrogen-bond donors (Lipinski definition) is 1. The molecule has 0 aliphatic carbocycles. The molecule has 0 spiro atoms. The molecule has 0 radical (unpaired) electrons. The van der Waals surface area contributed by atoms with Crippen LogP contribution >= 0.6 is 0 Å². The predicted molar refractivity (Wildman–Crippen MR) is 74.2 cm³/mol. The number of carbonyl (C=O) groups is 1. The van der Waals surface area contributed by atoms with Crippen molar-refractivity contribution >= 4 is 16.9 Å². The number of benzene rings is 1. The van der Waals surface area contributed by atoms with Gasteiger partial charge in [-0.25, -0.2) is 0 Å². The van der Waals surface area contributed by atoms with Crippen molar-refractivity contribution < 1.29 is 9.21 Å². The van der Waals surface area contributed by atoms with Crippen LogP contribution in [0.2, 0.25) is 0 Å². The van der Waals surface area contributed by atoms with E-state index in [1.165, 1.54) is 0 Å². The number of para-hydroxylation sites is 1. The van der Waals surface area contributed by atoms with Gasteiger partial charge in [0.15, 0.2) is 0 Å². The van der Waals surface area contributed by atoms with E-state index in [1.807, 2.05) is 29.2 Å². The molecule has 1 aromatic carbocycles. The van der Waals surface area contributed by atoms with Gasteiger partial charge >= 0.3 is 0 Å². The summed E-state index contributed by atoms with van der Waals surface area (Å²) in [7, 11) is 0. The van der Waals surface area contributed by atoms with Crippen molar-refractivity contribution in [3.63, 3.8) is 0 Å². The molecule has 2 aromatic rings. The number of furan rings is 1. The topological polar surface area (TPSA) is 45.5 Å². The number of hydrogen-bond acceptors (Lipinski definition) is 3. The molecular weight excluding hydrogens is 240 g/mol. The van der Waals surface area contributed by atoms with Crippen molar-refractivity contribution in [1.29, 1.82) is 0 Å². The summed E-state index contributed by atoms with van der Waals surface area (Å²) in [5.41, 5.74) is 1.43. The van der Waals surface area contributed by atoms with E-state index in [-0.39, 0.29) is 5.91 Å². The van der Waals surface area contributed by atoms with Crippen molar-refractivity contribution in [2.24, 2.45) is 0 Å². The molecule has 1 aliphatic rings. The van der Waals surface area contributed by atoms with E-state index in [4.69, 9.17) is 4.42 Å². The lowest BCUT2D eigenvalue weighted by Gasteiger charge is -2.36. The van der Waals surface area contributed by atoms with E-state index in [1.54, 1.807) is 6.26 Å².